The van der Waals surface area contributed by atoms with Crippen LogP contribution < -0.4 is 10.6 Å². The van der Waals surface area contributed by atoms with Crippen LogP contribution in [0, 0.1) is 11.7 Å². The maximum Gasteiger partial charge on any atom is 0.191 e. The van der Waals surface area contributed by atoms with Gasteiger partial charge >= 0.3 is 0 Å². The monoisotopic (exact) mass is 464 g/mol. The minimum atomic E-state index is -0.210. The zero-order valence-electron chi connectivity index (χ0n) is 15.1. The molecule has 1 aliphatic heterocycles. The van der Waals surface area contributed by atoms with E-state index >= 15 is 0 Å². The number of hydrogen-bond acceptors (Lipinski definition) is 3. The number of benzene rings is 1. The highest BCUT2D eigenvalue weighted by atomic mass is 127. The molecule has 0 radical (unpaired) electrons. The van der Waals surface area contributed by atoms with E-state index in [1.807, 2.05) is 0 Å². The molecule has 5 nitrogen and oxygen atoms in total. The lowest BCUT2D eigenvalue weighted by atomic mass is 9.97. The third kappa shape index (κ3) is 8.33. The lowest BCUT2D eigenvalue weighted by Crippen LogP contribution is -2.43. The highest BCUT2D eigenvalue weighted by molar-refractivity contribution is 14.0. The van der Waals surface area contributed by atoms with Gasteiger partial charge in [0.05, 0.1) is 6.61 Å². The molecule has 2 rings (SSSR count). The van der Waals surface area contributed by atoms with Crippen molar-refractivity contribution in [2.45, 2.75) is 19.4 Å². The fourth-order valence-electron chi connectivity index (χ4n) is 2.88. The number of ether oxygens (including phenoxy) is 1. The van der Waals surface area contributed by atoms with Gasteiger partial charge in [-0.15, -0.1) is 24.0 Å². The minimum Gasteiger partial charge on any atom is -0.383 e. The van der Waals surface area contributed by atoms with Crippen molar-refractivity contribution < 1.29 is 9.13 Å². The van der Waals surface area contributed by atoms with E-state index in [0.717, 1.165) is 44.3 Å². The molecule has 0 aliphatic carbocycles. The summed E-state index contributed by atoms with van der Waals surface area (Å²) in [7, 11) is 3.52. The van der Waals surface area contributed by atoms with Gasteiger partial charge in [0.25, 0.3) is 0 Å². The molecule has 0 unspecified atom stereocenters. The molecular formula is C18H30FIN4O. The first-order chi connectivity index (χ1) is 11.7. The molecule has 0 spiro atoms. The van der Waals surface area contributed by atoms with E-state index in [4.69, 9.17) is 4.74 Å². The summed E-state index contributed by atoms with van der Waals surface area (Å²) >= 11 is 0. The number of likely N-dealkylation sites (tertiary alicyclic amines) is 1. The van der Waals surface area contributed by atoms with Crippen molar-refractivity contribution in [3.8, 4) is 0 Å². The number of methoxy groups -OCH3 is 1. The number of hydrogen-bond donors (Lipinski definition) is 2. The molecule has 25 heavy (non-hydrogen) atoms. The summed E-state index contributed by atoms with van der Waals surface area (Å²) in [5.74, 6) is 1.26. The average Bonchev–Trinajstić information content (AvgIpc) is 2.62. The van der Waals surface area contributed by atoms with Crippen LogP contribution in [0.1, 0.15) is 18.4 Å². The standard InChI is InChI=1S/C18H29FN4O.HI/c1-20-18(21-13-15-3-5-17(19)6-4-15)22-14-16-7-9-23(10-8-16)11-12-24-2;/h3-6,16H,7-14H2,1-2H3,(H2,20,21,22);1H. The fraction of sp³-hybridized carbons (Fsp3) is 0.611. The molecular weight excluding hydrogens is 434 g/mol. The third-order valence-electron chi connectivity index (χ3n) is 4.47. The number of nitrogens with zero attached hydrogens (tertiary/aromatic N) is 2. The molecule has 1 aromatic rings. The van der Waals surface area contributed by atoms with Crippen molar-refractivity contribution in [3.05, 3.63) is 35.6 Å². The molecule has 7 heteroatoms. The second kappa shape index (κ2) is 12.4. The van der Waals surface area contributed by atoms with Gasteiger partial charge in [-0.3, -0.25) is 4.99 Å². The highest BCUT2D eigenvalue weighted by Crippen LogP contribution is 2.15. The van der Waals surface area contributed by atoms with Gasteiger partial charge < -0.3 is 20.3 Å². The number of guanidine groups is 1. The molecule has 1 fully saturated rings. The Morgan fingerprint density at radius 2 is 1.92 bits per heavy atom. The van der Waals surface area contributed by atoms with Crippen LogP contribution in [0.15, 0.2) is 29.3 Å². The SMILES string of the molecule is CN=C(NCc1ccc(F)cc1)NCC1CCN(CCOC)CC1.I. The quantitative estimate of drug-likeness (QED) is 0.370. The molecule has 2 N–H and O–H groups in total. The van der Waals surface area contributed by atoms with Gasteiger partial charge in [-0.1, -0.05) is 12.1 Å². The van der Waals surface area contributed by atoms with Crippen molar-refractivity contribution in [2.75, 3.05) is 46.9 Å². The van der Waals surface area contributed by atoms with Crippen molar-refractivity contribution in [1.29, 1.82) is 0 Å². The summed E-state index contributed by atoms with van der Waals surface area (Å²) in [4.78, 5) is 6.71. The van der Waals surface area contributed by atoms with E-state index in [0.29, 0.717) is 12.5 Å². The van der Waals surface area contributed by atoms with Gasteiger partial charge in [0.15, 0.2) is 5.96 Å². The molecule has 0 atom stereocenters. The van der Waals surface area contributed by atoms with Gasteiger partial charge in [0, 0.05) is 33.8 Å². The third-order valence-corrected chi connectivity index (χ3v) is 4.47. The predicted octanol–water partition coefficient (Wildman–Crippen LogP) is 2.47. The van der Waals surface area contributed by atoms with E-state index in [-0.39, 0.29) is 29.8 Å². The molecule has 0 bridgehead atoms. The van der Waals surface area contributed by atoms with Crippen LogP contribution in [0.2, 0.25) is 0 Å². The van der Waals surface area contributed by atoms with E-state index in [1.54, 1.807) is 26.3 Å². The summed E-state index contributed by atoms with van der Waals surface area (Å²) in [6.45, 7) is 5.67. The van der Waals surface area contributed by atoms with Crippen molar-refractivity contribution in [1.82, 2.24) is 15.5 Å². The number of halogens is 2. The second-order valence-corrected chi connectivity index (χ2v) is 6.21. The summed E-state index contributed by atoms with van der Waals surface area (Å²) in [6, 6.07) is 6.52. The molecule has 142 valence electrons. The molecule has 0 amide bonds. The predicted molar refractivity (Wildman–Crippen MR) is 111 cm³/mol. The smallest absolute Gasteiger partial charge is 0.191 e. The van der Waals surface area contributed by atoms with E-state index in [9.17, 15) is 4.39 Å². The first kappa shape index (κ1) is 22.1. The van der Waals surface area contributed by atoms with Gasteiger partial charge in [0.1, 0.15) is 5.82 Å². The number of nitrogens with one attached hydrogen (secondary N) is 2. The minimum absolute atomic E-state index is 0. The van der Waals surface area contributed by atoms with E-state index < -0.39 is 0 Å². The van der Waals surface area contributed by atoms with Crippen molar-refractivity contribution >= 4 is 29.9 Å². The normalized spacial score (nSPS) is 16.4. The van der Waals surface area contributed by atoms with Crippen LogP contribution in [0.3, 0.4) is 0 Å². The Morgan fingerprint density at radius 1 is 1.24 bits per heavy atom. The number of rotatable bonds is 7. The maximum absolute atomic E-state index is 12.9. The first-order valence-electron chi connectivity index (χ1n) is 8.61. The van der Waals surface area contributed by atoms with Gasteiger partial charge in [-0.2, -0.15) is 0 Å². The molecule has 1 aromatic carbocycles. The Bertz CT molecular complexity index is 504. The van der Waals surface area contributed by atoms with Crippen LogP contribution in [0.4, 0.5) is 4.39 Å². The fourth-order valence-corrected chi connectivity index (χ4v) is 2.88. The second-order valence-electron chi connectivity index (χ2n) is 6.21. The lowest BCUT2D eigenvalue weighted by Gasteiger charge is -2.32. The summed E-state index contributed by atoms with van der Waals surface area (Å²) < 4.78 is 18.0. The zero-order valence-corrected chi connectivity index (χ0v) is 17.5. The van der Waals surface area contributed by atoms with Crippen LogP contribution in [0.5, 0.6) is 0 Å². The van der Waals surface area contributed by atoms with Crippen molar-refractivity contribution in [3.63, 3.8) is 0 Å². The molecule has 0 saturated carbocycles. The molecule has 0 aromatic heterocycles. The summed E-state index contributed by atoms with van der Waals surface area (Å²) in [6.07, 6.45) is 2.40. The highest BCUT2D eigenvalue weighted by Gasteiger charge is 2.18. The van der Waals surface area contributed by atoms with Gasteiger partial charge in [0.2, 0.25) is 0 Å². The Labute approximate surface area is 167 Å². The zero-order chi connectivity index (χ0) is 17.2. The Balaban J connectivity index is 0.00000312. The average molecular weight is 464 g/mol. The molecule has 1 heterocycles. The van der Waals surface area contributed by atoms with Crippen LogP contribution >= 0.6 is 24.0 Å². The van der Waals surface area contributed by atoms with Gasteiger partial charge in [-0.05, 0) is 49.5 Å². The van der Waals surface area contributed by atoms with Gasteiger partial charge in [-0.25, -0.2) is 4.39 Å². The largest absolute Gasteiger partial charge is 0.383 e. The van der Waals surface area contributed by atoms with E-state index in [1.165, 1.54) is 25.0 Å². The van der Waals surface area contributed by atoms with Crippen molar-refractivity contribution in [2.24, 2.45) is 10.9 Å². The maximum atomic E-state index is 12.9. The van der Waals surface area contributed by atoms with E-state index in [2.05, 4.69) is 20.5 Å². The molecule has 1 aliphatic rings. The number of aliphatic imine (C=N–C) groups is 1. The Kier molecular flexibility index (Phi) is 11.0. The Morgan fingerprint density at radius 3 is 2.52 bits per heavy atom. The Hall–Kier alpha value is -0.930. The topological polar surface area (TPSA) is 48.9 Å². The lowest BCUT2D eigenvalue weighted by molar-refractivity contribution is 0.121. The number of piperidine rings is 1. The molecule has 1 saturated heterocycles. The van der Waals surface area contributed by atoms with Crippen LogP contribution in [0.25, 0.3) is 0 Å². The van der Waals surface area contributed by atoms with Crippen LogP contribution in [-0.2, 0) is 11.3 Å². The van der Waals surface area contributed by atoms with Crippen LogP contribution in [-0.4, -0.2) is 57.8 Å². The summed E-state index contributed by atoms with van der Waals surface area (Å²) in [5, 5.41) is 6.67. The summed E-state index contributed by atoms with van der Waals surface area (Å²) in [5.41, 5.74) is 1.03. The first-order valence-corrected chi connectivity index (χ1v) is 8.61.